The van der Waals surface area contributed by atoms with Crippen LogP contribution >= 0.6 is 0 Å². The lowest BCUT2D eigenvalue weighted by molar-refractivity contribution is -0.141. The Bertz CT molecular complexity index is 1300. The first-order chi connectivity index (χ1) is 15.6. The zero-order valence-electron chi connectivity index (χ0n) is 18.3. The molecule has 11 heteroatoms. The van der Waals surface area contributed by atoms with Gasteiger partial charge in [0.05, 0.1) is 11.2 Å². The third-order valence-corrected chi connectivity index (χ3v) is 5.47. The number of fused-ring (bicyclic) bond motifs is 1. The first-order valence-electron chi connectivity index (χ1n) is 10.3. The molecule has 3 aromatic heterocycles. The van der Waals surface area contributed by atoms with E-state index < -0.39 is 18.3 Å². The van der Waals surface area contributed by atoms with Gasteiger partial charge < -0.3 is 20.5 Å². The molecule has 3 heterocycles. The van der Waals surface area contributed by atoms with E-state index in [1.165, 1.54) is 10.7 Å². The number of aryl methyl sites for hydroxylation is 1. The summed E-state index contributed by atoms with van der Waals surface area (Å²) in [5.41, 5.74) is 2.19. The highest BCUT2D eigenvalue weighted by Gasteiger charge is 2.29. The SMILES string of the molecule is C=C(NC)c1cnc(NC(=C)C2CC2)cc1Nc1nn(C)c2ccn(CC(F)(F)F)c(=O)c12. The van der Waals surface area contributed by atoms with Crippen molar-refractivity contribution in [1.29, 1.82) is 0 Å². The molecule has 4 rings (SSSR count). The van der Waals surface area contributed by atoms with Crippen LogP contribution in [0.2, 0.25) is 0 Å². The molecule has 0 saturated heterocycles. The van der Waals surface area contributed by atoms with Crippen LogP contribution in [0.15, 0.2) is 48.2 Å². The number of hydrogen-bond donors (Lipinski definition) is 3. The maximum absolute atomic E-state index is 12.9. The molecule has 3 N–H and O–H groups in total. The largest absolute Gasteiger partial charge is 0.406 e. The smallest absolute Gasteiger partial charge is 0.388 e. The summed E-state index contributed by atoms with van der Waals surface area (Å²) in [6, 6.07) is 3.16. The summed E-state index contributed by atoms with van der Waals surface area (Å²) in [4.78, 5) is 17.3. The summed E-state index contributed by atoms with van der Waals surface area (Å²) >= 11 is 0. The van der Waals surface area contributed by atoms with E-state index in [1.54, 1.807) is 26.4 Å². The Morgan fingerprint density at radius 3 is 2.67 bits per heavy atom. The molecule has 8 nitrogen and oxygen atoms in total. The highest BCUT2D eigenvalue weighted by molar-refractivity contribution is 5.92. The number of nitrogens with zero attached hydrogens (tertiary/aromatic N) is 4. The fourth-order valence-corrected chi connectivity index (χ4v) is 3.54. The Kier molecular flexibility index (Phi) is 5.64. The lowest BCUT2D eigenvalue weighted by atomic mass is 10.1. The number of pyridine rings is 2. The zero-order chi connectivity index (χ0) is 23.9. The van der Waals surface area contributed by atoms with Crippen molar-refractivity contribution in [2.45, 2.75) is 25.6 Å². The van der Waals surface area contributed by atoms with Gasteiger partial charge in [-0.05, 0) is 24.8 Å². The van der Waals surface area contributed by atoms with Crippen molar-refractivity contribution in [1.82, 2.24) is 24.6 Å². The minimum Gasteiger partial charge on any atom is -0.388 e. The third-order valence-electron chi connectivity index (χ3n) is 5.47. The fourth-order valence-electron chi connectivity index (χ4n) is 3.54. The minimum absolute atomic E-state index is 0.0546. The standard InChI is InChI=1S/C22H24F3N7O/c1-12(14-5-6-14)28-18-9-16(15(10-27-18)13(2)26-3)29-20-19-17(31(4)30-20)7-8-32(21(19)33)11-22(23,24)25/h7-10,14,26H,1-2,5-6,11H2,3-4H3,(H2,27,28,29,30). The molecule has 3 aromatic rings. The average Bonchev–Trinajstić information content (AvgIpc) is 3.54. The van der Waals surface area contributed by atoms with Gasteiger partial charge in [0.15, 0.2) is 5.82 Å². The predicted octanol–water partition coefficient (Wildman–Crippen LogP) is 3.96. The summed E-state index contributed by atoms with van der Waals surface area (Å²) in [5, 5.41) is 13.6. The number of halogens is 3. The molecular weight excluding hydrogens is 435 g/mol. The second kappa shape index (κ2) is 8.30. The molecule has 0 radical (unpaired) electrons. The summed E-state index contributed by atoms with van der Waals surface area (Å²) < 4.78 is 40.9. The van der Waals surface area contributed by atoms with E-state index in [0.717, 1.165) is 24.7 Å². The van der Waals surface area contributed by atoms with Crippen molar-refractivity contribution < 1.29 is 13.2 Å². The number of rotatable bonds is 8. The van der Waals surface area contributed by atoms with Gasteiger partial charge in [-0.1, -0.05) is 13.2 Å². The van der Waals surface area contributed by atoms with Crippen molar-refractivity contribution in [3.05, 3.63) is 59.3 Å². The Balaban J connectivity index is 1.77. The molecular formula is C22H24F3N7O. The van der Waals surface area contributed by atoms with Gasteiger partial charge >= 0.3 is 6.18 Å². The highest BCUT2D eigenvalue weighted by atomic mass is 19.4. The monoisotopic (exact) mass is 459 g/mol. The summed E-state index contributed by atoms with van der Waals surface area (Å²) in [7, 11) is 3.33. The summed E-state index contributed by atoms with van der Waals surface area (Å²) in [5.74, 6) is 1.09. The van der Waals surface area contributed by atoms with Crippen LogP contribution in [0.5, 0.6) is 0 Å². The van der Waals surface area contributed by atoms with Gasteiger partial charge in [0.25, 0.3) is 5.56 Å². The molecule has 0 aromatic carbocycles. The van der Waals surface area contributed by atoms with E-state index in [1.807, 2.05) is 0 Å². The highest BCUT2D eigenvalue weighted by Crippen LogP contribution is 2.36. The Hall–Kier alpha value is -3.76. The molecule has 1 saturated carbocycles. The van der Waals surface area contributed by atoms with Crippen molar-refractivity contribution in [2.24, 2.45) is 13.0 Å². The lowest BCUT2D eigenvalue weighted by Gasteiger charge is -2.15. The van der Waals surface area contributed by atoms with E-state index in [4.69, 9.17) is 0 Å². The predicted molar refractivity (Wildman–Crippen MR) is 122 cm³/mol. The third kappa shape index (κ3) is 4.71. The van der Waals surface area contributed by atoms with Crippen molar-refractivity contribution >= 4 is 33.9 Å². The number of aromatic nitrogens is 4. The van der Waals surface area contributed by atoms with Crippen LogP contribution in [0.25, 0.3) is 16.6 Å². The van der Waals surface area contributed by atoms with Crippen LogP contribution in [0.3, 0.4) is 0 Å². The van der Waals surface area contributed by atoms with Gasteiger partial charge in [0.1, 0.15) is 17.7 Å². The molecule has 1 aliphatic carbocycles. The maximum Gasteiger partial charge on any atom is 0.406 e. The normalized spacial score (nSPS) is 13.7. The van der Waals surface area contributed by atoms with E-state index in [-0.39, 0.29) is 11.2 Å². The average molecular weight is 459 g/mol. The molecule has 0 spiro atoms. The van der Waals surface area contributed by atoms with E-state index in [9.17, 15) is 18.0 Å². The lowest BCUT2D eigenvalue weighted by Crippen LogP contribution is -2.27. The molecule has 0 atom stereocenters. The van der Waals surface area contributed by atoms with Gasteiger partial charge in [0.2, 0.25) is 0 Å². The first kappa shape index (κ1) is 22.4. The van der Waals surface area contributed by atoms with Crippen LogP contribution in [-0.4, -0.2) is 32.6 Å². The molecule has 0 amide bonds. The van der Waals surface area contributed by atoms with Gasteiger partial charge in [0, 0.05) is 49.5 Å². The molecule has 33 heavy (non-hydrogen) atoms. The fraction of sp³-hybridized carbons (Fsp3) is 0.318. The summed E-state index contributed by atoms with van der Waals surface area (Å²) in [6.07, 6.45) is 0.360. The number of hydrogen-bond acceptors (Lipinski definition) is 6. The van der Waals surface area contributed by atoms with Crippen molar-refractivity contribution in [2.75, 3.05) is 17.7 Å². The Labute approximate surface area is 187 Å². The molecule has 1 fully saturated rings. The van der Waals surface area contributed by atoms with Crippen LogP contribution < -0.4 is 21.5 Å². The minimum atomic E-state index is -4.53. The molecule has 1 aliphatic rings. The molecule has 174 valence electrons. The number of anilines is 3. The number of nitrogens with one attached hydrogen (secondary N) is 3. The van der Waals surface area contributed by atoms with Crippen molar-refractivity contribution in [3.8, 4) is 0 Å². The molecule has 0 aliphatic heterocycles. The van der Waals surface area contributed by atoms with Crippen LogP contribution in [-0.2, 0) is 13.6 Å². The second-order valence-electron chi connectivity index (χ2n) is 7.99. The molecule has 0 bridgehead atoms. The van der Waals surface area contributed by atoms with Crippen molar-refractivity contribution in [3.63, 3.8) is 0 Å². The Morgan fingerprint density at radius 1 is 1.30 bits per heavy atom. The second-order valence-corrected chi connectivity index (χ2v) is 7.99. The zero-order valence-corrected chi connectivity index (χ0v) is 18.3. The van der Waals surface area contributed by atoms with Gasteiger partial charge in [-0.2, -0.15) is 18.3 Å². The quantitative estimate of drug-likeness (QED) is 0.473. The first-order valence-corrected chi connectivity index (χ1v) is 10.3. The van der Waals surface area contributed by atoms with E-state index in [0.29, 0.717) is 38.8 Å². The molecule has 0 unspecified atom stereocenters. The van der Waals surface area contributed by atoms with E-state index >= 15 is 0 Å². The number of allylic oxidation sites excluding steroid dienone is 1. The van der Waals surface area contributed by atoms with Crippen LogP contribution in [0.4, 0.5) is 30.5 Å². The van der Waals surface area contributed by atoms with Gasteiger partial charge in [-0.15, -0.1) is 0 Å². The number of alkyl halides is 3. The maximum atomic E-state index is 12.9. The van der Waals surface area contributed by atoms with Gasteiger partial charge in [-0.3, -0.25) is 9.48 Å². The summed E-state index contributed by atoms with van der Waals surface area (Å²) in [6.45, 7) is 6.63. The van der Waals surface area contributed by atoms with Gasteiger partial charge in [-0.25, -0.2) is 4.98 Å². The van der Waals surface area contributed by atoms with E-state index in [2.05, 4.69) is 39.2 Å². The Morgan fingerprint density at radius 2 is 2.03 bits per heavy atom. The van der Waals surface area contributed by atoms with Crippen LogP contribution in [0, 0.1) is 5.92 Å². The topological polar surface area (TPSA) is 88.8 Å². The van der Waals surface area contributed by atoms with Crippen LogP contribution in [0.1, 0.15) is 18.4 Å².